The van der Waals surface area contributed by atoms with E-state index in [9.17, 15) is 9.59 Å². The molecule has 0 amide bonds. The standard InChI is InChI=1S/C13H11NO3/c15-12-10-7-6-9(8-4-2-1-3-5-8)11(10)17-13(16)14-12/h1-5,9H,6-7H2,(H,14,15,16). The first-order valence-corrected chi connectivity index (χ1v) is 5.57. The second-order valence-corrected chi connectivity index (χ2v) is 4.19. The summed E-state index contributed by atoms with van der Waals surface area (Å²) in [6, 6.07) is 9.80. The maximum atomic E-state index is 11.6. The number of H-pyrrole nitrogens is 1. The van der Waals surface area contributed by atoms with Gasteiger partial charge in [-0.3, -0.25) is 9.78 Å². The first-order valence-electron chi connectivity index (χ1n) is 5.57. The molecule has 1 N–H and O–H groups in total. The predicted octanol–water partition coefficient (Wildman–Crippen LogP) is 1.41. The van der Waals surface area contributed by atoms with Gasteiger partial charge < -0.3 is 4.42 Å². The van der Waals surface area contributed by atoms with Crippen LogP contribution in [-0.2, 0) is 6.42 Å². The van der Waals surface area contributed by atoms with Crippen LogP contribution in [0.15, 0.2) is 44.3 Å². The Morgan fingerprint density at radius 2 is 1.94 bits per heavy atom. The lowest BCUT2D eigenvalue weighted by Crippen LogP contribution is -2.22. The van der Waals surface area contributed by atoms with Gasteiger partial charge in [-0.25, -0.2) is 4.79 Å². The number of aromatic amines is 1. The molecule has 0 aliphatic heterocycles. The number of fused-ring (bicyclic) bond motifs is 1. The van der Waals surface area contributed by atoms with Crippen molar-refractivity contribution in [3.63, 3.8) is 0 Å². The van der Waals surface area contributed by atoms with E-state index in [2.05, 4.69) is 4.98 Å². The van der Waals surface area contributed by atoms with E-state index < -0.39 is 5.76 Å². The highest BCUT2D eigenvalue weighted by Crippen LogP contribution is 2.35. The van der Waals surface area contributed by atoms with Crippen LogP contribution in [0.3, 0.4) is 0 Å². The van der Waals surface area contributed by atoms with Gasteiger partial charge in [-0.2, -0.15) is 0 Å². The molecule has 86 valence electrons. The summed E-state index contributed by atoms with van der Waals surface area (Å²) in [5, 5.41) is 0. The van der Waals surface area contributed by atoms with E-state index >= 15 is 0 Å². The molecule has 1 unspecified atom stereocenters. The van der Waals surface area contributed by atoms with E-state index in [1.807, 2.05) is 30.3 Å². The molecule has 1 heterocycles. The van der Waals surface area contributed by atoms with Crippen molar-refractivity contribution in [3.05, 3.63) is 68.1 Å². The van der Waals surface area contributed by atoms with Gasteiger partial charge >= 0.3 is 5.76 Å². The lowest BCUT2D eigenvalue weighted by atomic mass is 9.98. The van der Waals surface area contributed by atoms with Gasteiger partial charge in [0.1, 0.15) is 5.76 Å². The first kappa shape index (κ1) is 10.1. The highest BCUT2D eigenvalue weighted by Gasteiger charge is 2.29. The molecule has 17 heavy (non-hydrogen) atoms. The third-order valence-electron chi connectivity index (χ3n) is 3.19. The van der Waals surface area contributed by atoms with Gasteiger partial charge in [-0.1, -0.05) is 30.3 Å². The molecule has 4 nitrogen and oxygen atoms in total. The lowest BCUT2D eigenvalue weighted by molar-refractivity contribution is 0.425. The Labute approximate surface area is 96.9 Å². The maximum absolute atomic E-state index is 11.6. The van der Waals surface area contributed by atoms with E-state index in [-0.39, 0.29) is 11.5 Å². The highest BCUT2D eigenvalue weighted by atomic mass is 16.4. The molecule has 1 aromatic heterocycles. The zero-order valence-corrected chi connectivity index (χ0v) is 9.10. The van der Waals surface area contributed by atoms with Crippen LogP contribution in [0.25, 0.3) is 0 Å². The molecule has 3 rings (SSSR count). The Bertz CT molecular complexity index is 654. The Hall–Kier alpha value is -2.10. The Kier molecular flexibility index (Phi) is 2.21. The van der Waals surface area contributed by atoms with Crippen molar-refractivity contribution in [2.24, 2.45) is 0 Å². The Morgan fingerprint density at radius 1 is 1.18 bits per heavy atom. The van der Waals surface area contributed by atoms with Gasteiger partial charge in [0.15, 0.2) is 0 Å². The maximum Gasteiger partial charge on any atom is 0.419 e. The number of hydrogen-bond acceptors (Lipinski definition) is 3. The van der Waals surface area contributed by atoms with Gasteiger partial charge in [0.05, 0.1) is 5.56 Å². The molecule has 0 saturated heterocycles. The van der Waals surface area contributed by atoms with Crippen LogP contribution in [0.5, 0.6) is 0 Å². The SMILES string of the molecule is O=c1[nH]c(=O)c2c(o1)C(c1ccccc1)CC2. The molecule has 1 aromatic carbocycles. The van der Waals surface area contributed by atoms with Gasteiger partial charge in [0.25, 0.3) is 5.56 Å². The lowest BCUT2D eigenvalue weighted by Gasteiger charge is -2.09. The quantitative estimate of drug-likeness (QED) is 0.804. The third-order valence-corrected chi connectivity index (χ3v) is 3.19. The van der Waals surface area contributed by atoms with E-state index in [0.29, 0.717) is 17.7 Å². The predicted molar refractivity (Wildman–Crippen MR) is 62.2 cm³/mol. The van der Waals surface area contributed by atoms with Crippen LogP contribution in [0, 0.1) is 0 Å². The van der Waals surface area contributed by atoms with Crippen molar-refractivity contribution in [2.45, 2.75) is 18.8 Å². The minimum atomic E-state index is -0.670. The van der Waals surface area contributed by atoms with Gasteiger partial charge in [-0.05, 0) is 18.4 Å². The second kappa shape index (κ2) is 3.73. The van der Waals surface area contributed by atoms with Crippen molar-refractivity contribution in [3.8, 4) is 0 Å². The van der Waals surface area contributed by atoms with E-state index in [4.69, 9.17) is 4.42 Å². The fraction of sp³-hybridized carbons (Fsp3) is 0.231. The van der Waals surface area contributed by atoms with E-state index in [0.717, 1.165) is 12.0 Å². The molecular weight excluding hydrogens is 218 g/mol. The van der Waals surface area contributed by atoms with Crippen LogP contribution >= 0.6 is 0 Å². The number of benzene rings is 1. The molecule has 1 aliphatic rings. The average molecular weight is 229 g/mol. The summed E-state index contributed by atoms with van der Waals surface area (Å²) < 4.78 is 5.16. The van der Waals surface area contributed by atoms with E-state index in [1.54, 1.807) is 0 Å². The second-order valence-electron chi connectivity index (χ2n) is 4.19. The number of aromatic nitrogens is 1. The van der Waals surface area contributed by atoms with E-state index in [1.165, 1.54) is 0 Å². The molecule has 0 bridgehead atoms. The summed E-state index contributed by atoms with van der Waals surface area (Å²) >= 11 is 0. The molecule has 1 atom stereocenters. The van der Waals surface area contributed by atoms with Gasteiger partial charge in [-0.15, -0.1) is 0 Å². The number of hydrogen-bond donors (Lipinski definition) is 1. The van der Waals surface area contributed by atoms with Gasteiger partial charge in [0, 0.05) is 5.92 Å². The summed E-state index contributed by atoms with van der Waals surface area (Å²) in [4.78, 5) is 25.0. The number of rotatable bonds is 1. The Balaban J connectivity index is 2.17. The normalized spacial score (nSPS) is 18.0. The van der Waals surface area contributed by atoms with Crippen molar-refractivity contribution in [2.75, 3.05) is 0 Å². The monoisotopic (exact) mass is 229 g/mol. The molecule has 0 fully saturated rings. The van der Waals surface area contributed by atoms with Gasteiger partial charge in [0.2, 0.25) is 0 Å². The van der Waals surface area contributed by atoms with Crippen molar-refractivity contribution in [1.29, 1.82) is 0 Å². The third kappa shape index (κ3) is 1.62. The summed E-state index contributed by atoms with van der Waals surface area (Å²) in [5.41, 5.74) is 1.38. The number of nitrogens with one attached hydrogen (secondary N) is 1. The minimum absolute atomic E-state index is 0.0289. The molecule has 2 aromatic rings. The van der Waals surface area contributed by atoms with Crippen LogP contribution in [0.2, 0.25) is 0 Å². The summed E-state index contributed by atoms with van der Waals surface area (Å²) in [5.74, 6) is -0.109. The van der Waals surface area contributed by atoms with Crippen LogP contribution in [0.1, 0.15) is 29.2 Å². The smallest absolute Gasteiger partial charge is 0.413 e. The van der Waals surface area contributed by atoms with Crippen molar-refractivity contribution < 1.29 is 4.42 Å². The molecule has 1 aliphatic carbocycles. The van der Waals surface area contributed by atoms with Crippen LogP contribution in [-0.4, -0.2) is 4.98 Å². The average Bonchev–Trinajstić information content (AvgIpc) is 2.74. The minimum Gasteiger partial charge on any atom is -0.413 e. The first-order chi connectivity index (χ1) is 8.25. The summed E-state index contributed by atoms with van der Waals surface area (Å²) in [6.45, 7) is 0. The molecule has 0 saturated carbocycles. The van der Waals surface area contributed by atoms with Crippen molar-refractivity contribution >= 4 is 0 Å². The summed E-state index contributed by atoms with van der Waals surface area (Å²) in [7, 11) is 0. The van der Waals surface area contributed by atoms with Crippen LogP contribution in [0.4, 0.5) is 0 Å². The molecule has 0 spiro atoms. The fourth-order valence-corrected chi connectivity index (χ4v) is 2.41. The topological polar surface area (TPSA) is 63.1 Å². The summed E-state index contributed by atoms with van der Waals surface area (Å²) in [6.07, 6.45) is 1.48. The Morgan fingerprint density at radius 3 is 2.71 bits per heavy atom. The van der Waals surface area contributed by atoms with Crippen LogP contribution < -0.4 is 11.3 Å². The van der Waals surface area contributed by atoms with Crippen molar-refractivity contribution in [1.82, 2.24) is 4.98 Å². The fourth-order valence-electron chi connectivity index (χ4n) is 2.41. The largest absolute Gasteiger partial charge is 0.419 e. The zero-order valence-electron chi connectivity index (χ0n) is 9.10. The molecular formula is C13H11NO3. The zero-order chi connectivity index (χ0) is 11.8. The highest BCUT2D eigenvalue weighted by molar-refractivity contribution is 5.34. The molecule has 4 heteroatoms. The molecule has 0 radical (unpaired) electrons.